The summed E-state index contributed by atoms with van der Waals surface area (Å²) < 4.78 is 7.17. The predicted molar refractivity (Wildman–Crippen MR) is 88.6 cm³/mol. The van der Waals surface area contributed by atoms with E-state index in [1.54, 1.807) is 29.7 Å². The first-order valence-electron chi connectivity index (χ1n) is 7.26. The number of rotatable bonds is 4. The molecular weight excluding hydrogens is 326 g/mol. The summed E-state index contributed by atoms with van der Waals surface area (Å²) in [6.07, 6.45) is 3.46. The van der Waals surface area contributed by atoms with E-state index in [0.717, 1.165) is 5.65 Å². The number of hydrogen-bond acceptors (Lipinski definition) is 6. The Morgan fingerprint density at radius 2 is 2.21 bits per heavy atom. The largest absolute Gasteiger partial charge is 0.462 e. The van der Waals surface area contributed by atoms with Crippen LogP contribution >= 0.6 is 11.3 Å². The maximum atomic E-state index is 12.6. The van der Waals surface area contributed by atoms with E-state index in [9.17, 15) is 4.79 Å². The van der Waals surface area contributed by atoms with Crippen molar-refractivity contribution in [2.75, 3.05) is 7.05 Å². The number of hydrogen-bond donors (Lipinski definition) is 0. The molecule has 0 aliphatic rings. The summed E-state index contributed by atoms with van der Waals surface area (Å²) in [6, 6.07) is 9.28. The third-order valence-electron chi connectivity index (χ3n) is 3.56. The van der Waals surface area contributed by atoms with Gasteiger partial charge in [-0.25, -0.2) is 4.98 Å². The first-order valence-corrected chi connectivity index (χ1v) is 8.14. The van der Waals surface area contributed by atoms with Crippen molar-refractivity contribution < 1.29 is 9.21 Å². The van der Waals surface area contributed by atoms with Crippen LogP contribution in [0.5, 0.6) is 0 Å². The molecule has 1 amide bonds. The van der Waals surface area contributed by atoms with Gasteiger partial charge in [0.15, 0.2) is 22.2 Å². The van der Waals surface area contributed by atoms with E-state index in [1.807, 2.05) is 34.9 Å². The fourth-order valence-electron chi connectivity index (χ4n) is 2.36. The van der Waals surface area contributed by atoms with Gasteiger partial charge in [-0.3, -0.25) is 9.20 Å². The molecule has 0 fully saturated rings. The van der Waals surface area contributed by atoms with E-state index in [2.05, 4.69) is 15.2 Å². The Balaban J connectivity index is 1.54. The second-order valence-electron chi connectivity index (χ2n) is 5.22. The van der Waals surface area contributed by atoms with Gasteiger partial charge in [0.2, 0.25) is 0 Å². The van der Waals surface area contributed by atoms with Gasteiger partial charge in [0.05, 0.1) is 12.8 Å². The van der Waals surface area contributed by atoms with Gasteiger partial charge in [0.1, 0.15) is 5.69 Å². The Hall–Kier alpha value is -3.00. The molecule has 4 aromatic rings. The third kappa shape index (κ3) is 2.56. The van der Waals surface area contributed by atoms with Crippen LogP contribution in [0.15, 0.2) is 52.6 Å². The van der Waals surface area contributed by atoms with Gasteiger partial charge in [0.25, 0.3) is 5.91 Å². The SMILES string of the molecule is CN(Cc1nnc2ccccn12)C(=O)c1csc(-c2ccco2)n1. The summed E-state index contributed by atoms with van der Waals surface area (Å²) in [5.74, 6) is 1.19. The van der Waals surface area contributed by atoms with Crippen molar-refractivity contribution in [3.8, 4) is 10.8 Å². The molecule has 4 rings (SSSR count). The molecule has 0 bridgehead atoms. The minimum absolute atomic E-state index is 0.170. The molecule has 24 heavy (non-hydrogen) atoms. The number of nitrogens with zero attached hydrogens (tertiary/aromatic N) is 5. The molecule has 0 aliphatic heterocycles. The first kappa shape index (κ1) is 14.6. The normalized spacial score (nSPS) is 11.0. The summed E-state index contributed by atoms with van der Waals surface area (Å²) in [4.78, 5) is 18.5. The van der Waals surface area contributed by atoms with Crippen molar-refractivity contribution in [1.82, 2.24) is 24.5 Å². The molecule has 120 valence electrons. The van der Waals surface area contributed by atoms with Crippen LogP contribution in [0.1, 0.15) is 16.3 Å². The Kier molecular flexibility index (Phi) is 3.58. The summed E-state index contributed by atoms with van der Waals surface area (Å²) in [7, 11) is 1.72. The highest BCUT2D eigenvalue weighted by Gasteiger charge is 2.19. The van der Waals surface area contributed by atoms with Crippen LogP contribution in [0.2, 0.25) is 0 Å². The number of carbonyl (C=O) groups excluding carboxylic acids is 1. The maximum Gasteiger partial charge on any atom is 0.273 e. The molecule has 7 nitrogen and oxygen atoms in total. The standard InChI is InChI=1S/C16H13N5O2S/c1-20(9-14-19-18-13-6-2-3-7-21(13)14)16(22)11-10-24-15(17-11)12-5-4-8-23-12/h2-8,10H,9H2,1H3. The Morgan fingerprint density at radius 1 is 1.29 bits per heavy atom. The molecule has 0 saturated carbocycles. The van der Waals surface area contributed by atoms with Crippen LogP contribution < -0.4 is 0 Å². The molecule has 0 unspecified atom stereocenters. The molecule has 0 spiro atoms. The Labute approximate surface area is 141 Å². The van der Waals surface area contributed by atoms with E-state index in [0.29, 0.717) is 28.8 Å². The van der Waals surface area contributed by atoms with Gasteiger partial charge >= 0.3 is 0 Å². The number of fused-ring (bicyclic) bond motifs is 1. The summed E-state index contributed by atoms with van der Waals surface area (Å²) in [5.41, 5.74) is 1.14. The highest BCUT2D eigenvalue weighted by molar-refractivity contribution is 7.13. The number of thiazole rings is 1. The lowest BCUT2D eigenvalue weighted by atomic mass is 10.4. The number of aromatic nitrogens is 4. The third-order valence-corrected chi connectivity index (χ3v) is 4.42. The Morgan fingerprint density at radius 3 is 3.04 bits per heavy atom. The molecule has 0 aromatic carbocycles. The van der Waals surface area contributed by atoms with Crippen molar-refractivity contribution >= 4 is 22.9 Å². The lowest BCUT2D eigenvalue weighted by Gasteiger charge is -2.14. The van der Waals surface area contributed by atoms with Crippen molar-refractivity contribution in [2.45, 2.75) is 6.54 Å². The number of pyridine rings is 1. The minimum Gasteiger partial charge on any atom is -0.462 e. The molecule has 0 aliphatic carbocycles. The van der Waals surface area contributed by atoms with Gasteiger partial charge in [-0.2, -0.15) is 0 Å². The van der Waals surface area contributed by atoms with Crippen LogP contribution in [0.25, 0.3) is 16.4 Å². The topological polar surface area (TPSA) is 76.5 Å². The van der Waals surface area contributed by atoms with Crippen LogP contribution in [0.4, 0.5) is 0 Å². The van der Waals surface area contributed by atoms with Crippen molar-refractivity contribution in [2.24, 2.45) is 0 Å². The van der Waals surface area contributed by atoms with Gasteiger partial charge in [0, 0.05) is 18.6 Å². The highest BCUT2D eigenvalue weighted by Crippen LogP contribution is 2.24. The van der Waals surface area contributed by atoms with E-state index >= 15 is 0 Å². The van der Waals surface area contributed by atoms with Crippen molar-refractivity contribution in [3.05, 3.63) is 59.7 Å². The smallest absolute Gasteiger partial charge is 0.273 e. The average molecular weight is 339 g/mol. The average Bonchev–Trinajstić information content (AvgIpc) is 3.34. The lowest BCUT2D eigenvalue weighted by molar-refractivity contribution is 0.0776. The van der Waals surface area contributed by atoms with Crippen molar-refractivity contribution in [1.29, 1.82) is 0 Å². The molecule has 0 radical (unpaired) electrons. The zero-order valence-electron chi connectivity index (χ0n) is 12.8. The van der Waals surface area contributed by atoms with Gasteiger partial charge in [-0.15, -0.1) is 21.5 Å². The first-order chi connectivity index (χ1) is 11.7. The quantitative estimate of drug-likeness (QED) is 0.571. The van der Waals surface area contributed by atoms with E-state index < -0.39 is 0 Å². The monoisotopic (exact) mass is 339 g/mol. The summed E-state index contributed by atoms with van der Waals surface area (Å²) in [6.45, 7) is 0.345. The number of carbonyl (C=O) groups is 1. The van der Waals surface area contributed by atoms with Crippen LogP contribution in [-0.2, 0) is 6.54 Å². The molecule has 4 aromatic heterocycles. The summed E-state index contributed by atoms with van der Waals surface area (Å²) in [5, 5.41) is 10.7. The Bertz CT molecular complexity index is 989. The zero-order chi connectivity index (χ0) is 16.5. The second-order valence-corrected chi connectivity index (χ2v) is 6.08. The minimum atomic E-state index is -0.170. The molecular formula is C16H13N5O2S. The predicted octanol–water partition coefficient (Wildman–Crippen LogP) is 2.72. The second kappa shape index (κ2) is 5.89. The fraction of sp³-hybridized carbons (Fsp3) is 0.125. The van der Waals surface area contributed by atoms with Crippen LogP contribution in [-0.4, -0.2) is 37.4 Å². The maximum absolute atomic E-state index is 12.6. The highest BCUT2D eigenvalue weighted by atomic mass is 32.1. The summed E-state index contributed by atoms with van der Waals surface area (Å²) >= 11 is 1.38. The van der Waals surface area contributed by atoms with Crippen LogP contribution in [0, 0.1) is 0 Å². The fourth-order valence-corrected chi connectivity index (χ4v) is 3.12. The van der Waals surface area contributed by atoms with Gasteiger partial charge < -0.3 is 9.32 Å². The van der Waals surface area contributed by atoms with Gasteiger partial charge in [-0.1, -0.05) is 6.07 Å². The van der Waals surface area contributed by atoms with Crippen molar-refractivity contribution in [3.63, 3.8) is 0 Å². The zero-order valence-corrected chi connectivity index (χ0v) is 13.6. The van der Waals surface area contributed by atoms with Crippen LogP contribution in [0.3, 0.4) is 0 Å². The number of furan rings is 1. The number of amides is 1. The molecule has 0 atom stereocenters. The van der Waals surface area contributed by atoms with Gasteiger partial charge in [-0.05, 0) is 24.3 Å². The van der Waals surface area contributed by atoms with E-state index in [4.69, 9.17) is 4.42 Å². The molecule has 0 N–H and O–H groups in total. The molecule has 4 heterocycles. The molecule has 0 saturated heterocycles. The molecule has 8 heteroatoms. The lowest BCUT2D eigenvalue weighted by Crippen LogP contribution is -2.27. The van der Waals surface area contributed by atoms with E-state index in [1.165, 1.54) is 11.3 Å². The van der Waals surface area contributed by atoms with E-state index in [-0.39, 0.29) is 5.91 Å².